The molecule has 1 aromatic carbocycles. The molecule has 0 saturated carbocycles. The third-order valence-corrected chi connectivity index (χ3v) is 7.69. The van der Waals surface area contributed by atoms with Gasteiger partial charge in [-0.05, 0) is 31.9 Å². The molecule has 2 heterocycles. The summed E-state index contributed by atoms with van der Waals surface area (Å²) in [7, 11) is -0.943. The van der Waals surface area contributed by atoms with Gasteiger partial charge in [-0.15, -0.1) is 5.10 Å². The van der Waals surface area contributed by atoms with Gasteiger partial charge in [0.05, 0.1) is 20.1 Å². The van der Waals surface area contributed by atoms with Crippen LogP contribution in [0.2, 0.25) is 0 Å². The van der Waals surface area contributed by atoms with E-state index in [1.165, 1.54) is 36.4 Å². The number of rotatable bonds is 9. The molecule has 0 spiro atoms. The van der Waals surface area contributed by atoms with Crippen molar-refractivity contribution < 1.29 is 22.7 Å². The van der Waals surface area contributed by atoms with E-state index in [9.17, 15) is 13.2 Å². The molecule has 170 valence electrons. The van der Waals surface area contributed by atoms with E-state index in [0.29, 0.717) is 42.6 Å². The number of thioether (sulfide) groups is 1. The minimum Gasteiger partial charge on any atom is -0.497 e. The molecule has 12 heteroatoms. The zero-order valence-electron chi connectivity index (χ0n) is 17.8. The van der Waals surface area contributed by atoms with Crippen molar-refractivity contribution in [2.75, 3.05) is 39.6 Å². The summed E-state index contributed by atoms with van der Waals surface area (Å²) in [5.41, 5.74) is 0. The summed E-state index contributed by atoms with van der Waals surface area (Å²) in [6, 6.07) is 4.65. The number of aryl methyl sites for hydroxylation is 1. The molecular formula is C19H27N5O5S2. The predicted molar refractivity (Wildman–Crippen MR) is 116 cm³/mol. The number of carbonyl (C=O) groups excluding carboxylic acids is 1. The second-order valence-corrected chi connectivity index (χ2v) is 10.0. The molecule has 3 rings (SSSR count). The van der Waals surface area contributed by atoms with Gasteiger partial charge < -0.3 is 14.8 Å². The van der Waals surface area contributed by atoms with Crippen LogP contribution in [0.1, 0.15) is 18.7 Å². The Morgan fingerprint density at radius 3 is 2.84 bits per heavy atom. The number of hydrogen-bond donors (Lipinski definition) is 2. The second kappa shape index (κ2) is 10.3. The average molecular weight is 470 g/mol. The van der Waals surface area contributed by atoms with Crippen molar-refractivity contribution in [2.24, 2.45) is 5.92 Å². The fourth-order valence-electron chi connectivity index (χ4n) is 3.35. The number of piperidine rings is 1. The van der Waals surface area contributed by atoms with Crippen LogP contribution >= 0.6 is 11.8 Å². The lowest BCUT2D eigenvalue weighted by Crippen LogP contribution is -2.45. The zero-order chi connectivity index (χ0) is 22.4. The number of hydrogen-bond acceptors (Lipinski definition) is 8. The van der Waals surface area contributed by atoms with Crippen LogP contribution in [0.15, 0.2) is 28.3 Å². The molecular weight excluding hydrogens is 442 g/mol. The van der Waals surface area contributed by atoms with Gasteiger partial charge in [0, 0.05) is 31.5 Å². The number of carbonyl (C=O) groups is 1. The van der Waals surface area contributed by atoms with Crippen LogP contribution in [-0.4, -0.2) is 73.4 Å². The van der Waals surface area contributed by atoms with Gasteiger partial charge in [0.1, 0.15) is 22.2 Å². The van der Waals surface area contributed by atoms with Crippen molar-refractivity contribution >= 4 is 27.7 Å². The summed E-state index contributed by atoms with van der Waals surface area (Å²) >= 11 is 1.44. The highest BCUT2D eigenvalue weighted by molar-refractivity contribution is 7.99. The van der Waals surface area contributed by atoms with E-state index in [4.69, 9.17) is 9.47 Å². The van der Waals surface area contributed by atoms with Gasteiger partial charge >= 0.3 is 0 Å². The maximum Gasteiger partial charge on any atom is 0.246 e. The van der Waals surface area contributed by atoms with Gasteiger partial charge in [-0.2, -0.15) is 4.31 Å². The maximum atomic E-state index is 13.3. The zero-order valence-corrected chi connectivity index (χ0v) is 19.4. The van der Waals surface area contributed by atoms with Crippen LogP contribution in [0.25, 0.3) is 0 Å². The third-order valence-electron chi connectivity index (χ3n) is 4.95. The third kappa shape index (κ3) is 5.69. The molecule has 1 aromatic heterocycles. The SMILES string of the molecule is COc1ccc(OC)c(S(=O)(=O)N2CCCC(C(=O)NCCSc3n[nH]c(C)n3)C2)c1. The van der Waals surface area contributed by atoms with Crippen LogP contribution < -0.4 is 14.8 Å². The summed E-state index contributed by atoms with van der Waals surface area (Å²) in [6.07, 6.45) is 1.25. The molecule has 0 bridgehead atoms. The highest BCUT2D eigenvalue weighted by Crippen LogP contribution is 2.32. The first kappa shape index (κ1) is 23.4. The number of aromatic amines is 1. The van der Waals surface area contributed by atoms with Gasteiger partial charge in [-0.25, -0.2) is 13.4 Å². The van der Waals surface area contributed by atoms with E-state index in [1.54, 1.807) is 12.1 Å². The monoisotopic (exact) mass is 469 g/mol. The molecule has 0 aliphatic carbocycles. The molecule has 1 aliphatic rings. The summed E-state index contributed by atoms with van der Waals surface area (Å²) in [6.45, 7) is 2.75. The van der Waals surface area contributed by atoms with Crippen LogP contribution in [0.3, 0.4) is 0 Å². The lowest BCUT2D eigenvalue weighted by atomic mass is 9.99. The first-order valence-corrected chi connectivity index (χ1v) is 12.3. The smallest absolute Gasteiger partial charge is 0.246 e. The number of sulfonamides is 1. The van der Waals surface area contributed by atoms with Gasteiger partial charge in [-0.3, -0.25) is 9.89 Å². The largest absolute Gasteiger partial charge is 0.497 e. The Bertz CT molecular complexity index is 1010. The van der Waals surface area contributed by atoms with E-state index in [-0.39, 0.29) is 23.1 Å². The molecule has 1 unspecified atom stereocenters. The van der Waals surface area contributed by atoms with E-state index in [0.717, 1.165) is 5.82 Å². The van der Waals surface area contributed by atoms with E-state index in [2.05, 4.69) is 20.5 Å². The molecule has 1 aliphatic heterocycles. The number of H-pyrrole nitrogens is 1. The van der Waals surface area contributed by atoms with Crippen LogP contribution in [-0.2, 0) is 14.8 Å². The molecule has 1 atom stereocenters. The summed E-state index contributed by atoms with van der Waals surface area (Å²) in [4.78, 5) is 16.9. The number of methoxy groups -OCH3 is 2. The Kier molecular flexibility index (Phi) is 7.79. The molecule has 1 saturated heterocycles. The van der Waals surface area contributed by atoms with E-state index >= 15 is 0 Å². The van der Waals surface area contributed by atoms with E-state index in [1.807, 2.05) is 6.92 Å². The molecule has 10 nitrogen and oxygen atoms in total. The normalized spacial score (nSPS) is 17.3. The Hall–Kier alpha value is -2.31. The lowest BCUT2D eigenvalue weighted by Gasteiger charge is -2.31. The minimum absolute atomic E-state index is 0.0357. The lowest BCUT2D eigenvalue weighted by molar-refractivity contribution is -0.125. The second-order valence-electron chi connectivity index (χ2n) is 7.06. The summed E-state index contributed by atoms with van der Waals surface area (Å²) in [5.74, 6) is 1.47. The van der Waals surface area contributed by atoms with Crippen molar-refractivity contribution in [3.8, 4) is 11.5 Å². The predicted octanol–water partition coefficient (Wildman–Crippen LogP) is 1.44. The van der Waals surface area contributed by atoms with Crippen molar-refractivity contribution in [1.82, 2.24) is 24.8 Å². The molecule has 2 N–H and O–H groups in total. The Balaban J connectivity index is 1.60. The van der Waals surface area contributed by atoms with Crippen molar-refractivity contribution in [3.05, 3.63) is 24.0 Å². The van der Waals surface area contributed by atoms with Gasteiger partial charge in [-0.1, -0.05) is 11.8 Å². The fourth-order valence-corrected chi connectivity index (χ4v) is 5.74. The van der Waals surface area contributed by atoms with Gasteiger partial charge in [0.2, 0.25) is 21.1 Å². The molecule has 1 amide bonds. The van der Waals surface area contributed by atoms with Gasteiger partial charge in [0.25, 0.3) is 0 Å². The molecule has 2 aromatic rings. The number of aromatic nitrogens is 3. The first-order valence-electron chi connectivity index (χ1n) is 9.87. The standard InChI is InChI=1S/C19H27N5O5S2/c1-13-21-19(23-22-13)30-10-8-20-18(25)14-5-4-9-24(12-14)31(26,27)17-11-15(28-2)6-7-16(17)29-3/h6-7,11,14H,4-5,8-10,12H2,1-3H3,(H,20,25)(H,21,22,23). The number of ether oxygens (including phenoxy) is 2. The Labute approximate surface area is 186 Å². The van der Waals surface area contributed by atoms with E-state index < -0.39 is 15.9 Å². The van der Waals surface area contributed by atoms with Gasteiger partial charge in [0.15, 0.2) is 0 Å². The molecule has 1 fully saturated rings. The Morgan fingerprint density at radius 2 is 2.16 bits per heavy atom. The Morgan fingerprint density at radius 1 is 1.35 bits per heavy atom. The van der Waals surface area contributed by atoms with Crippen LogP contribution in [0, 0.1) is 12.8 Å². The summed E-state index contributed by atoms with van der Waals surface area (Å²) < 4.78 is 38.3. The average Bonchev–Trinajstić information content (AvgIpc) is 3.21. The number of amides is 1. The fraction of sp³-hybridized carbons (Fsp3) is 0.526. The maximum absolute atomic E-state index is 13.3. The van der Waals surface area contributed by atoms with Crippen molar-refractivity contribution in [1.29, 1.82) is 0 Å². The molecule has 0 radical (unpaired) electrons. The number of nitrogens with zero attached hydrogens (tertiary/aromatic N) is 3. The van der Waals surface area contributed by atoms with Crippen molar-refractivity contribution in [2.45, 2.75) is 29.8 Å². The highest BCUT2D eigenvalue weighted by atomic mass is 32.2. The van der Waals surface area contributed by atoms with Crippen molar-refractivity contribution in [3.63, 3.8) is 0 Å². The first-order chi connectivity index (χ1) is 14.8. The minimum atomic E-state index is -3.84. The summed E-state index contributed by atoms with van der Waals surface area (Å²) in [5, 5.41) is 10.3. The quantitative estimate of drug-likeness (QED) is 0.417. The molecule has 31 heavy (non-hydrogen) atoms. The van der Waals surface area contributed by atoms with Crippen LogP contribution in [0.4, 0.5) is 0 Å². The topological polar surface area (TPSA) is 127 Å². The van der Waals surface area contributed by atoms with Crippen LogP contribution in [0.5, 0.6) is 11.5 Å². The highest BCUT2D eigenvalue weighted by Gasteiger charge is 2.35. The number of nitrogens with one attached hydrogen (secondary N) is 2. The number of benzene rings is 1.